The monoisotopic (exact) mass is 467 g/mol. The van der Waals surface area contributed by atoms with E-state index in [0.717, 1.165) is 40.7 Å². The topological polar surface area (TPSA) is 37.8 Å². The van der Waals surface area contributed by atoms with E-state index in [-0.39, 0.29) is 13.2 Å². The van der Waals surface area contributed by atoms with Crippen LogP contribution in [0.4, 0.5) is 10.2 Å². The average molecular weight is 468 g/mol. The molecule has 1 aliphatic carbocycles. The SMILES string of the molecule is C.CCCC[C@H]1CC[C@@H](Cc2cc(-c3cccc(NCc4cccc(F)c4)n3)c(Cl)cn2)C1. The first-order valence-electron chi connectivity index (χ1n) is 11.7. The van der Waals surface area contributed by atoms with Crippen LogP contribution in [-0.4, -0.2) is 9.97 Å². The van der Waals surface area contributed by atoms with E-state index in [1.165, 1.54) is 50.7 Å². The van der Waals surface area contributed by atoms with Crippen molar-refractivity contribution in [3.8, 4) is 11.3 Å². The minimum Gasteiger partial charge on any atom is -0.366 e. The largest absolute Gasteiger partial charge is 0.366 e. The highest BCUT2D eigenvalue weighted by molar-refractivity contribution is 6.33. The lowest BCUT2D eigenvalue weighted by atomic mass is 9.96. The number of halogens is 2. The van der Waals surface area contributed by atoms with E-state index in [1.54, 1.807) is 12.3 Å². The van der Waals surface area contributed by atoms with Crippen molar-refractivity contribution in [2.75, 3.05) is 5.32 Å². The molecule has 0 aliphatic heterocycles. The van der Waals surface area contributed by atoms with Gasteiger partial charge in [0.15, 0.2) is 0 Å². The predicted octanol–water partition coefficient (Wildman–Crippen LogP) is 8.33. The van der Waals surface area contributed by atoms with Gasteiger partial charge in [-0.1, -0.05) is 69.8 Å². The maximum atomic E-state index is 13.4. The molecule has 0 bridgehead atoms. The number of aromatic nitrogens is 2. The lowest BCUT2D eigenvalue weighted by Crippen LogP contribution is -2.04. The molecular formula is C28H35ClFN3. The Balaban J connectivity index is 0.00000306. The molecule has 3 aromatic rings. The third-order valence-electron chi connectivity index (χ3n) is 6.41. The van der Waals surface area contributed by atoms with E-state index < -0.39 is 0 Å². The van der Waals surface area contributed by atoms with Crippen LogP contribution in [0.25, 0.3) is 11.3 Å². The van der Waals surface area contributed by atoms with Gasteiger partial charge in [0.25, 0.3) is 0 Å². The Bertz CT molecular complexity index is 1040. The third kappa shape index (κ3) is 7.01. The molecule has 1 N–H and O–H groups in total. The molecule has 1 fully saturated rings. The number of benzene rings is 1. The summed E-state index contributed by atoms with van der Waals surface area (Å²) >= 11 is 6.51. The van der Waals surface area contributed by atoms with Crippen LogP contribution in [0.2, 0.25) is 5.02 Å². The number of pyridine rings is 2. The lowest BCUT2D eigenvalue weighted by molar-refractivity contribution is 0.447. The van der Waals surface area contributed by atoms with Crippen LogP contribution in [0.15, 0.2) is 54.7 Å². The van der Waals surface area contributed by atoms with Gasteiger partial charge in [-0.3, -0.25) is 4.98 Å². The summed E-state index contributed by atoms with van der Waals surface area (Å²) in [4.78, 5) is 9.35. The Hall–Kier alpha value is -2.46. The summed E-state index contributed by atoms with van der Waals surface area (Å²) < 4.78 is 13.4. The molecule has 0 radical (unpaired) electrons. The van der Waals surface area contributed by atoms with Gasteiger partial charge in [-0.25, -0.2) is 9.37 Å². The normalized spacial score (nSPS) is 17.5. The van der Waals surface area contributed by atoms with Crippen molar-refractivity contribution in [2.45, 2.75) is 65.8 Å². The first-order valence-corrected chi connectivity index (χ1v) is 12.1. The molecule has 3 nitrogen and oxygen atoms in total. The zero-order valence-electron chi connectivity index (χ0n) is 18.7. The number of nitrogens with zero attached hydrogens (tertiary/aromatic N) is 2. The fourth-order valence-electron chi connectivity index (χ4n) is 4.73. The summed E-state index contributed by atoms with van der Waals surface area (Å²) in [5, 5.41) is 3.88. The average Bonchev–Trinajstić information content (AvgIpc) is 3.25. The molecule has 0 amide bonds. The van der Waals surface area contributed by atoms with Crippen molar-refractivity contribution in [3.63, 3.8) is 0 Å². The Kier molecular flexibility index (Phi) is 9.25. The van der Waals surface area contributed by atoms with E-state index >= 15 is 0 Å². The molecule has 0 spiro atoms. The second-order valence-corrected chi connectivity index (χ2v) is 9.35. The summed E-state index contributed by atoms with van der Waals surface area (Å²) in [6.07, 6.45) is 10.7. The molecule has 33 heavy (non-hydrogen) atoms. The lowest BCUT2D eigenvalue weighted by Gasteiger charge is -2.13. The zero-order valence-corrected chi connectivity index (χ0v) is 19.4. The van der Waals surface area contributed by atoms with Crippen molar-refractivity contribution in [2.24, 2.45) is 11.8 Å². The van der Waals surface area contributed by atoms with Gasteiger partial charge in [-0.05, 0) is 67.0 Å². The Morgan fingerprint density at radius 3 is 2.73 bits per heavy atom. The van der Waals surface area contributed by atoms with Gasteiger partial charge >= 0.3 is 0 Å². The van der Waals surface area contributed by atoms with Gasteiger partial charge in [-0.2, -0.15) is 0 Å². The molecule has 0 saturated heterocycles. The zero-order chi connectivity index (χ0) is 22.3. The summed E-state index contributed by atoms with van der Waals surface area (Å²) in [5.74, 6) is 2.09. The molecule has 2 heterocycles. The highest BCUT2D eigenvalue weighted by atomic mass is 35.5. The first kappa shape index (κ1) is 25.2. The maximum Gasteiger partial charge on any atom is 0.126 e. The number of nitrogens with one attached hydrogen (secondary N) is 1. The molecule has 176 valence electrons. The number of hydrogen-bond donors (Lipinski definition) is 1. The van der Waals surface area contributed by atoms with E-state index in [0.29, 0.717) is 17.5 Å². The van der Waals surface area contributed by atoms with Crippen molar-refractivity contribution < 1.29 is 4.39 Å². The van der Waals surface area contributed by atoms with Gasteiger partial charge in [-0.15, -0.1) is 0 Å². The van der Waals surface area contributed by atoms with Gasteiger partial charge < -0.3 is 5.32 Å². The Morgan fingerprint density at radius 1 is 1.09 bits per heavy atom. The fourth-order valence-corrected chi connectivity index (χ4v) is 4.93. The van der Waals surface area contributed by atoms with Crippen LogP contribution in [0.5, 0.6) is 0 Å². The van der Waals surface area contributed by atoms with Crippen molar-refractivity contribution >= 4 is 17.4 Å². The minimum atomic E-state index is -0.235. The third-order valence-corrected chi connectivity index (χ3v) is 6.71. The predicted molar refractivity (Wildman–Crippen MR) is 137 cm³/mol. The second-order valence-electron chi connectivity index (χ2n) is 8.94. The van der Waals surface area contributed by atoms with Crippen molar-refractivity contribution in [1.82, 2.24) is 9.97 Å². The number of hydrogen-bond acceptors (Lipinski definition) is 3. The molecule has 1 saturated carbocycles. The maximum absolute atomic E-state index is 13.4. The Morgan fingerprint density at radius 2 is 1.91 bits per heavy atom. The number of unbranched alkanes of at least 4 members (excludes halogenated alkanes) is 1. The van der Waals surface area contributed by atoms with Crippen LogP contribution < -0.4 is 5.32 Å². The van der Waals surface area contributed by atoms with Crippen LogP contribution in [0.1, 0.15) is 64.1 Å². The molecule has 5 heteroatoms. The number of anilines is 1. The van der Waals surface area contributed by atoms with Crippen LogP contribution in [-0.2, 0) is 13.0 Å². The summed E-state index contributed by atoms with van der Waals surface area (Å²) in [6, 6.07) is 14.5. The fraction of sp³-hybridized carbons (Fsp3) is 0.429. The summed E-state index contributed by atoms with van der Waals surface area (Å²) in [6.45, 7) is 2.77. The number of rotatable bonds is 9. The second kappa shape index (κ2) is 12.1. The molecule has 2 aromatic heterocycles. The van der Waals surface area contributed by atoms with Gasteiger partial charge in [0, 0.05) is 24.0 Å². The molecule has 1 aromatic carbocycles. The minimum absolute atomic E-state index is 0. The quantitative estimate of drug-likeness (QED) is 0.343. The van der Waals surface area contributed by atoms with E-state index in [1.807, 2.05) is 24.3 Å². The van der Waals surface area contributed by atoms with E-state index in [2.05, 4.69) is 23.3 Å². The highest BCUT2D eigenvalue weighted by Gasteiger charge is 2.25. The Labute approximate surface area is 202 Å². The molecule has 1 aliphatic rings. The van der Waals surface area contributed by atoms with E-state index in [9.17, 15) is 4.39 Å². The van der Waals surface area contributed by atoms with Crippen LogP contribution >= 0.6 is 11.6 Å². The van der Waals surface area contributed by atoms with Gasteiger partial charge in [0.2, 0.25) is 0 Å². The van der Waals surface area contributed by atoms with Crippen LogP contribution in [0, 0.1) is 17.7 Å². The van der Waals surface area contributed by atoms with Gasteiger partial charge in [0.05, 0.1) is 10.7 Å². The highest BCUT2D eigenvalue weighted by Crippen LogP contribution is 2.36. The smallest absolute Gasteiger partial charge is 0.126 e. The van der Waals surface area contributed by atoms with Crippen molar-refractivity contribution in [1.29, 1.82) is 0 Å². The molecule has 4 rings (SSSR count). The first-order chi connectivity index (χ1) is 15.6. The molecule has 2 atom stereocenters. The van der Waals surface area contributed by atoms with Gasteiger partial charge in [0.1, 0.15) is 11.6 Å². The molecule has 0 unspecified atom stereocenters. The summed E-state index contributed by atoms with van der Waals surface area (Å²) in [5.41, 5.74) is 3.68. The standard InChI is InChI=1S/C27H31ClFN3.CH4/c1-2-3-6-19-11-12-20(13-19)15-23-16-24(25(28)18-30-23)26-9-5-10-27(32-26)31-17-21-7-4-8-22(29)14-21;/h4-5,7-10,14,16,18-20H,2-3,6,11-13,15,17H2,1H3,(H,31,32);1H4/t19-,20+;/m0./s1. The van der Waals surface area contributed by atoms with Crippen molar-refractivity contribution in [3.05, 3.63) is 76.8 Å². The summed E-state index contributed by atoms with van der Waals surface area (Å²) in [7, 11) is 0. The van der Waals surface area contributed by atoms with E-state index in [4.69, 9.17) is 16.6 Å². The molecular weight excluding hydrogens is 433 g/mol. The van der Waals surface area contributed by atoms with Crippen LogP contribution in [0.3, 0.4) is 0 Å².